The number of amides is 2. The van der Waals surface area contributed by atoms with E-state index in [0.717, 1.165) is 29.3 Å². The lowest BCUT2D eigenvalue weighted by molar-refractivity contribution is 0.0112. The summed E-state index contributed by atoms with van der Waals surface area (Å²) in [6, 6.07) is 13.5. The fourth-order valence-electron chi connectivity index (χ4n) is 4.25. The van der Waals surface area contributed by atoms with E-state index in [2.05, 4.69) is 51.4 Å². The number of pyridine rings is 1. The zero-order valence-electron chi connectivity index (χ0n) is 19.0. The Hall–Kier alpha value is -3.83. The van der Waals surface area contributed by atoms with E-state index in [1.165, 1.54) is 6.07 Å². The van der Waals surface area contributed by atoms with Gasteiger partial charge in [-0.15, -0.1) is 0 Å². The molecule has 1 saturated heterocycles. The van der Waals surface area contributed by atoms with Gasteiger partial charge in [-0.25, -0.2) is 19.2 Å². The second-order valence-corrected chi connectivity index (χ2v) is 9.37. The van der Waals surface area contributed by atoms with Gasteiger partial charge in [-0.2, -0.15) is 4.98 Å². The van der Waals surface area contributed by atoms with Crippen molar-refractivity contribution in [1.29, 1.82) is 0 Å². The first-order valence-electron chi connectivity index (χ1n) is 11.4. The van der Waals surface area contributed by atoms with Gasteiger partial charge in [-0.05, 0) is 30.3 Å². The molecule has 0 saturated carbocycles. The van der Waals surface area contributed by atoms with Crippen molar-refractivity contribution < 1.29 is 13.9 Å². The predicted molar refractivity (Wildman–Crippen MR) is 137 cm³/mol. The average Bonchev–Trinajstić information content (AvgIpc) is 3.34. The summed E-state index contributed by atoms with van der Waals surface area (Å²) in [6.45, 7) is 2.62. The summed E-state index contributed by atoms with van der Waals surface area (Å²) in [7, 11) is 0. The van der Waals surface area contributed by atoms with Crippen LogP contribution in [0.3, 0.4) is 0 Å². The van der Waals surface area contributed by atoms with Crippen LogP contribution in [0.4, 0.5) is 26.4 Å². The number of hydrogen-bond donors (Lipinski definition) is 3. The number of halogens is 2. The minimum atomic E-state index is -0.554. The van der Waals surface area contributed by atoms with Crippen LogP contribution in [0, 0.1) is 5.82 Å². The van der Waals surface area contributed by atoms with Crippen molar-refractivity contribution in [3.63, 3.8) is 0 Å². The second kappa shape index (κ2) is 9.32. The Bertz CT molecular complexity index is 1500. The van der Waals surface area contributed by atoms with Crippen LogP contribution in [0.25, 0.3) is 22.5 Å². The molecule has 4 aliphatic heterocycles. The number of rotatable bonds is 4. The number of carbonyl (C=O) groups excluding carboxylic acids is 1. The molecule has 182 valence electrons. The fraction of sp³-hybridized carbons (Fsp3) is 0.200. The number of carbonyl (C=O) groups is 1. The molecule has 4 heterocycles. The minimum Gasteiger partial charge on any atom is -0.377 e. The third-order valence-electron chi connectivity index (χ3n) is 6.04. The number of nitrogens with zero attached hydrogens (tertiary/aromatic N) is 4. The number of urea groups is 1. The Labute approximate surface area is 213 Å². The number of nitrogens with one attached hydrogen (secondary N) is 3. The normalized spacial score (nSPS) is 15.3. The highest BCUT2D eigenvalue weighted by atomic mass is 79.9. The van der Waals surface area contributed by atoms with Gasteiger partial charge < -0.3 is 25.3 Å². The lowest BCUT2D eigenvalue weighted by Gasteiger charge is -2.21. The molecule has 0 bridgehead atoms. The standard InChI is InChI=1S/C25H21BrFN7O2/c26-19-10-20(27)21(32-25(35)31-15-4-2-1-3-5-15)9-17(19)18-8-14-11-29-24(30-16-12-36-13-16)33-22(14)34-7-6-28-23(18)34/h1-5,8-11,16,28H,6-7,12-13H2,(H2,31,32,35). The maximum absolute atomic E-state index is 14.8. The van der Waals surface area contributed by atoms with Gasteiger partial charge in [0.25, 0.3) is 0 Å². The maximum atomic E-state index is 14.8. The van der Waals surface area contributed by atoms with Crippen molar-refractivity contribution in [1.82, 2.24) is 14.5 Å². The van der Waals surface area contributed by atoms with Crippen molar-refractivity contribution in [2.45, 2.75) is 12.6 Å². The maximum Gasteiger partial charge on any atom is 0.323 e. The number of hydrogen-bond acceptors (Lipinski definition) is 6. The molecule has 2 amide bonds. The molecular formula is C25H21BrFN7O2. The Kier molecular flexibility index (Phi) is 5.86. The van der Waals surface area contributed by atoms with Crippen LogP contribution >= 0.6 is 15.9 Å². The lowest BCUT2D eigenvalue weighted by atomic mass is 10.0. The van der Waals surface area contributed by atoms with Crippen molar-refractivity contribution in [2.75, 3.05) is 35.7 Å². The van der Waals surface area contributed by atoms with Gasteiger partial charge in [0.2, 0.25) is 5.62 Å². The Morgan fingerprint density at radius 2 is 2.00 bits per heavy atom. The van der Waals surface area contributed by atoms with Crippen molar-refractivity contribution in [2.24, 2.45) is 4.99 Å². The summed E-state index contributed by atoms with van der Waals surface area (Å²) >= 11 is 3.50. The van der Waals surface area contributed by atoms with Gasteiger partial charge in [0.15, 0.2) is 0 Å². The lowest BCUT2D eigenvalue weighted by Crippen LogP contribution is -2.34. The minimum absolute atomic E-state index is 0.0617. The number of fused-ring (bicyclic) bond motifs is 3. The van der Waals surface area contributed by atoms with E-state index in [1.54, 1.807) is 36.5 Å². The second-order valence-electron chi connectivity index (χ2n) is 8.51. The van der Waals surface area contributed by atoms with Crippen LogP contribution in [-0.4, -0.2) is 46.4 Å². The molecule has 2 aromatic carbocycles. The van der Waals surface area contributed by atoms with Crippen LogP contribution in [0.1, 0.15) is 0 Å². The molecule has 0 aromatic heterocycles. The first kappa shape index (κ1) is 22.6. The first-order chi connectivity index (χ1) is 17.5. The first-order valence-corrected chi connectivity index (χ1v) is 12.2. The summed E-state index contributed by atoms with van der Waals surface area (Å²) in [5.74, 6) is 1.07. The molecule has 4 aliphatic rings. The van der Waals surface area contributed by atoms with E-state index in [4.69, 9.17) is 4.74 Å². The third kappa shape index (κ3) is 4.31. The van der Waals surface area contributed by atoms with Gasteiger partial charge in [0.05, 0.1) is 18.9 Å². The van der Waals surface area contributed by atoms with E-state index in [9.17, 15) is 9.18 Å². The van der Waals surface area contributed by atoms with Crippen molar-refractivity contribution in [3.8, 4) is 22.5 Å². The molecule has 0 spiro atoms. The quantitative estimate of drug-likeness (QED) is 0.351. The van der Waals surface area contributed by atoms with Gasteiger partial charge in [-0.1, -0.05) is 34.1 Å². The SMILES string of the molecule is O=C(Nc1ccccc1)Nc1cc(-c2cc3cnc(=NC4COC4)nc-3n3c2NCC3)c(Br)cc1F. The summed E-state index contributed by atoms with van der Waals surface area (Å²) < 4.78 is 22.6. The summed E-state index contributed by atoms with van der Waals surface area (Å²) in [4.78, 5) is 26.2. The Balaban J connectivity index is 1.38. The van der Waals surface area contributed by atoms with E-state index in [0.29, 0.717) is 41.1 Å². The Morgan fingerprint density at radius 3 is 2.78 bits per heavy atom. The zero-order valence-corrected chi connectivity index (χ0v) is 20.5. The molecule has 9 nitrogen and oxygen atoms in total. The van der Waals surface area contributed by atoms with Crippen LogP contribution in [0.2, 0.25) is 0 Å². The molecular weight excluding hydrogens is 529 g/mol. The van der Waals surface area contributed by atoms with Crippen molar-refractivity contribution in [3.05, 3.63) is 70.6 Å². The molecule has 36 heavy (non-hydrogen) atoms. The highest BCUT2D eigenvalue weighted by Gasteiger charge is 2.25. The average molecular weight is 550 g/mol. The van der Waals surface area contributed by atoms with E-state index < -0.39 is 11.8 Å². The van der Waals surface area contributed by atoms with Crippen LogP contribution in [-0.2, 0) is 11.3 Å². The van der Waals surface area contributed by atoms with Crippen LogP contribution in [0.5, 0.6) is 0 Å². The summed E-state index contributed by atoms with van der Waals surface area (Å²) in [5, 5.41) is 8.74. The molecule has 3 N–H and O–H groups in total. The topological polar surface area (TPSA) is 105 Å². The number of ether oxygens (including phenoxy) is 1. The van der Waals surface area contributed by atoms with Gasteiger partial charge >= 0.3 is 6.03 Å². The molecule has 6 rings (SSSR count). The van der Waals surface area contributed by atoms with Crippen molar-refractivity contribution >= 4 is 39.2 Å². The number of para-hydroxylation sites is 1. The van der Waals surface area contributed by atoms with Crippen LogP contribution in [0.15, 0.2) is 64.2 Å². The van der Waals surface area contributed by atoms with Gasteiger partial charge in [0, 0.05) is 46.1 Å². The zero-order chi connectivity index (χ0) is 24.6. The van der Waals surface area contributed by atoms with Crippen LogP contribution < -0.4 is 21.6 Å². The highest BCUT2D eigenvalue weighted by Crippen LogP contribution is 2.41. The van der Waals surface area contributed by atoms with E-state index >= 15 is 0 Å². The van der Waals surface area contributed by atoms with Gasteiger partial charge in [0.1, 0.15) is 23.5 Å². The largest absolute Gasteiger partial charge is 0.377 e. The number of anilines is 3. The Morgan fingerprint density at radius 1 is 1.17 bits per heavy atom. The molecule has 1 fully saturated rings. The van der Waals surface area contributed by atoms with E-state index in [-0.39, 0.29) is 11.7 Å². The van der Waals surface area contributed by atoms with E-state index in [1.807, 2.05) is 12.1 Å². The summed E-state index contributed by atoms with van der Waals surface area (Å²) in [6.07, 6.45) is 1.75. The number of benzene rings is 2. The highest BCUT2D eigenvalue weighted by molar-refractivity contribution is 9.10. The fourth-order valence-corrected chi connectivity index (χ4v) is 4.78. The number of aromatic nitrogens is 3. The monoisotopic (exact) mass is 549 g/mol. The molecule has 0 aliphatic carbocycles. The molecule has 0 radical (unpaired) electrons. The molecule has 0 unspecified atom stereocenters. The molecule has 11 heteroatoms. The third-order valence-corrected chi connectivity index (χ3v) is 6.69. The molecule has 2 aromatic rings. The molecule has 0 atom stereocenters. The smallest absolute Gasteiger partial charge is 0.323 e. The summed E-state index contributed by atoms with van der Waals surface area (Å²) in [5.41, 5.74) is 3.48. The van der Waals surface area contributed by atoms with Gasteiger partial charge in [-0.3, -0.25) is 0 Å². The predicted octanol–water partition coefficient (Wildman–Crippen LogP) is 4.32.